The SMILES string of the molecule is CCCOC(=O)OCC(=O)[C@@]1(OC(=O)OCC)CC[C@H]2[C@@H]3CCC4=CC(=O)C=C[C@]4(C)[C@H]3C(=O)C[C@@]21C. The molecule has 37 heavy (non-hydrogen) atoms. The van der Waals surface area contributed by atoms with E-state index in [0.29, 0.717) is 25.7 Å². The molecule has 3 saturated carbocycles. The van der Waals surface area contributed by atoms with Crippen LogP contribution in [0.25, 0.3) is 0 Å². The lowest BCUT2D eigenvalue weighted by atomic mass is 9.46. The number of hydrogen-bond donors (Lipinski definition) is 0. The molecule has 202 valence electrons. The Morgan fingerprint density at radius 1 is 1.03 bits per heavy atom. The summed E-state index contributed by atoms with van der Waals surface area (Å²) in [6.07, 6.45) is 5.85. The highest BCUT2D eigenvalue weighted by atomic mass is 16.7. The van der Waals surface area contributed by atoms with Crippen molar-refractivity contribution in [2.45, 2.75) is 71.8 Å². The summed E-state index contributed by atoms with van der Waals surface area (Å²) >= 11 is 0. The van der Waals surface area contributed by atoms with Crippen LogP contribution < -0.4 is 0 Å². The van der Waals surface area contributed by atoms with E-state index in [1.807, 2.05) is 26.8 Å². The summed E-state index contributed by atoms with van der Waals surface area (Å²) in [5, 5.41) is 0. The first-order chi connectivity index (χ1) is 17.5. The normalized spacial score (nSPS) is 36.0. The van der Waals surface area contributed by atoms with Crippen molar-refractivity contribution in [3.63, 3.8) is 0 Å². The van der Waals surface area contributed by atoms with Crippen LogP contribution in [0.5, 0.6) is 0 Å². The van der Waals surface area contributed by atoms with Crippen LogP contribution in [0.3, 0.4) is 0 Å². The zero-order chi connectivity index (χ0) is 27.0. The largest absolute Gasteiger partial charge is 0.509 e. The second kappa shape index (κ2) is 10.1. The Labute approximate surface area is 216 Å². The average molecular weight is 517 g/mol. The highest BCUT2D eigenvalue weighted by molar-refractivity contribution is 6.02. The van der Waals surface area contributed by atoms with E-state index < -0.39 is 41.1 Å². The number of ether oxygens (including phenoxy) is 4. The van der Waals surface area contributed by atoms with Gasteiger partial charge in [-0.15, -0.1) is 0 Å². The quantitative estimate of drug-likeness (QED) is 0.450. The Morgan fingerprint density at radius 2 is 1.78 bits per heavy atom. The first-order valence-corrected chi connectivity index (χ1v) is 13.2. The lowest BCUT2D eigenvalue weighted by Crippen LogP contribution is -2.62. The maximum Gasteiger partial charge on any atom is 0.509 e. The number of Topliss-reactive ketones (excluding diaryl/α,β-unsaturated/α-hetero) is 2. The van der Waals surface area contributed by atoms with E-state index in [4.69, 9.17) is 18.9 Å². The fraction of sp³-hybridized carbons (Fsp3) is 0.679. The van der Waals surface area contributed by atoms with Gasteiger partial charge in [-0.1, -0.05) is 32.4 Å². The molecule has 9 heteroatoms. The van der Waals surface area contributed by atoms with Gasteiger partial charge in [0.1, 0.15) is 5.78 Å². The molecule has 0 radical (unpaired) electrons. The monoisotopic (exact) mass is 516 g/mol. The van der Waals surface area contributed by atoms with E-state index in [1.54, 1.807) is 13.0 Å². The van der Waals surface area contributed by atoms with Crippen LogP contribution >= 0.6 is 0 Å². The fourth-order valence-corrected chi connectivity index (χ4v) is 7.46. The lowest BCUT2D eigenvalue weighted by Gasteiger charge is -2.57. The van der Waals surface area contributed by atoms with Crippen LogP contribution in [0.15, 0.2) is 23.8 Å². The number of carbonyl (C=O) groups is 5. The summed E-state index contributed by atoms with van der Waals surface area (Å²) in [5.41, 5.74) is -2.26. The molecule has 0 aromatic heterocycles. The van der Waals surface area contributed by atoms with E-state index in [2.05, 4.69) is 0 Å². The molecule has 0 unspecified atom stereocenters. The minimum absolute atomic E-state index is 0.0225. The molecule has 0 aromatic rings. The van der Waals surface area contributed by atoms with Gasteiger partial charge < -0.3 is 18.9 Å². The molecule has 4 rings (SSSR count). The van der Waals surface area contributed by atoms with Gasteiger partial charge >= 0.3 is 12.3 Å². The van der Waals surface area contributed by atoms with Crippen LogP contribution in [-0.2, 0) is 33.3 Å². The van der Waals surface area contributed by atoms with Crippen molar-refractivity contribution in [2.75, 3.05) is 19.8 Å². The van der Waals surface area contributed by atoms with Crippen molar-refractivity contribution in [3.05, 3.63) is 23.8 Å². The van der Waals surface area contributed by atoms with Gasteiger partial charge in [-0.05, 0) is 63.0 Å². The minimum atomic E-state index is -1.68. The maximum absolute atomic E-state index is 13.9. The zero-order valence-corrected chi connectivity index (χ0v) is 22.0. The highest BCUT2D eigenvalue weighted by Crippen LogP contribution is 2.67. The van der Waals surface area contributed by atoms with Crippen molar-refractivity contribution in [2.24, 2.45) is 28.6 Å². The van der Waals surface area contributed by atoms with Gasteiger partial charge in [0.2, 0.25) is 5.78 Å². The first-order valence-electron chi connectivity index (χ1n) is 13.2. The van der Waals surface area contributed by atoms with Crippen molar-refractivity contribution in [1.29, 1.82) is 0 Å². The van der Waals surface area contributed by atoms with Crippen LogP contribution in [0.2, 0.25) is 0 Å². The second-order valence-corrected chi connectivity index (χ2v) is 11.0. The summed E-state index contributed by atoms with van der Waals surface area (Å²) in [7, 11) is 0. The molecule has 0 N–H and O–H groups in total. The Hall–Kier alpha value is -2.97. The standard InChI is InChI=1S/C28H36O9/c1-5-13-35-24(32)36-16-22(31)28(37-25(33)34-6-2)12-10-20-19-8-7-17-14-18(29)9-11-26(17,3)23(19)21(30)15-27(20,28)4/h9,11,14,19-20,23H,5-8,10,12-13,15-16H2,1-4H3/t19-,20-,23+,26-,27-,28-/m0/s1. The Balaban J connectivity index is 1.66. The first kappa shape index (κ1) is 27.1. The summed E-state index contributed by atoms with van der Waals surface area (Å²) in [6.45, 7) is 6.89. The molecule has 0 aliphatic heterocycles. The molecule has 0 saturated heterocycles. The van der Waals surface area contributed by atoms with E-state index in [-0.39, 0.29) is 55.4 Å². The van der Waals surface area contributed by atoms with Crippen molar-refractivity contribution in [1.82, 2.24) is 0 Å². The predicted octanol–water partition coefficient (Wildman–Crippen LogP) is 4.52. The minimum Gasteiger partial charge on any atom is -0.435 e. The molecule has 3 fully saturated rings. The number of allylic oxidation sites excluding steroid dienone is 4. The van der Waals surface area contributed by atoms with Crippen LogP contribution in [0.4, 0.5) is 9.59 Å². The van der Waals surface area contributed by atoms with Gasteiger partial charge in [-0.2, -0.15) is 0 Å². The Kier molecular flexibility index (Phi) is 7.36. The van der Waals surface area contributed by atoms with E-state index in [9.17, 15) is 24.0 Å². The molecule has 0 amide bonds. The van der Waals surface area contributed by atoms with E-state index >= 15 is 0 Å². The van der Waals surface area contributed by atoms with Gasteiger partial charge in [-0.25, -0.2) is 9.59 Å². The zero-order valence-electron chi connectivity index (χ0n) is 22.0. The lowest BCUT2D eigenvalue weighted by molar-refractivity contribution is -0.173. The van der Waals surface area contributed by atoms with Gasteiger partial charge in [0.05, 0.1) is 13.2 Å². The fourth-order valence-electron chi connectivity index (χ4n) is 7.46. The number of hydrogen-bond acceptors (Lipinski definition) is 9. The predicted molar refractivity (Wildman–Crippen MR) is 130 cm³/mol. The number of fused-ring (bicyclic) bond motifs is 5. The molecule has 0 spiro atoms. The maximum atomic E-state index is 13.9. The third kappa shape index (κ3) is 4.40. The topological polar surface area (TPSA) is 122 Å². The molecule has 0 bridgehead atoms. The van der Waals surface area contributed by atoms with Crippen molar-refractivity contribution < 1.29 is 42.9 Å². The van der Waals surface area contributed by atoms with Crippen LogP contribution in [0.1, 0.15) is 66.2 Å². The van der Waals surface area contributed by atoms with Crippen molar-refractivity contribution >= 4 is 29.7 Å². The van der Waals surface area contributed by atoms with Crippen molar-refractivity contribution in [3.8, 4) is 0 Å². The summed E-state index contributed by atoms with van der Waals surface area (Å²) in [4.78, 5) is 64.1. The molecule has 0 aromatic carbocycles. The van der Waals surface area contributed by atoms with Crippen LogP contribution in [-0.4, -0.2) is 55.1 Å². The molecule has 0 heterocycles. The Morgan fingerprint density at radius 3 is 2.49 bits per heavy atom. The number of ketones is 3. The second-order valence-electron chi connectivity index (χ2n) is 11.0. The summed E-state index contributed by atoms with van der Waals surface area (Å²) in [6, 6.07) is 0. The van der Waals surface area contributed by atoms with Gasteiger partial charge in [0.15, 0.2) is 18.0 Å². The smallest absolute Gasteiger partial charge is 0.435 e. The number of carbonyl (C=O) groups excluding carboxylic acids is 5. The van der Waals surface area contributed by atoms with Gasteiger partial charge in [0.25, 0.3) is 0 Å². The van der Waals surface area contributed by atoms with E-state index in [1.165, 1.54) is 6.08 Å². The summed E-state index contributed by atoms with van der Waals surface area (Å²) in [5.74, 6) is -1.15. The third-order valence-electron chi connectivity index (χ3n) is 9.09. The van der Waals surface area contributed by atoms with Gasteiger partial charge in [0, 0.05) is 23.2 Å². The molecule has 4 aliphatic carbocycles. The average Bonchev–Trinajstić information content (AvgIpc) is 3.13. The van der Waals surface area contributed by atoms with Crippen LogP contribution in [0, 0.1) is 28.6 Å². The molecule has 4 aliphatic rings. The molecular weight excluding hydrogens is 480 g/mol. The van der Waals surface area contributed by atoms with E-state index in [0.717, 1.165) is 5.57 Å². The highest BCUT2D eigenvalue weighted by Gasteiger charge is 2.70. The third-order valence-corrected chi connectivity index (χ3v) is 9.09. The Bertz CT molecular complexity index is 1060. The molecular formula is C28H36O9. The molecule has 6 atom stereocenters. The van der Waals surface area contributed by atoms with Gasteiger partial charge in [-0.3, -0.25) is 14.4 Å². The summed E-state index contributed by atoms with van der Waals surface area (Å²) < 4.78 is 20.8. The molecule has 9 nitrogen and oxygen atoms in total. The number of rotatable bonds is 7.